The van der Waals surface area contributed by atoms with Crippen LogP contribution < -0.4 is 5.73 Å². The molecule has 0 saturated carbocycles. The van der Waals surface area contributed by atoms with Gasteiger partial charge in [0.1, 0.15) is 0 Å². The Hall–Kier alpha value is 0.0700. The average molecular weight is 249 g/mol. The third-order valence-corrected chi connectivity index (χ3v) is 2.96. The van der Waals surface area contributed by atoms with Crippen LogP contribution in [-0.4, -0.2) is 10.5 Å². The summed E-state index contributed by atoms with van der Waals surface area (Å²) in [5.41, 5.74) is 6.90. The molecule has 1 aromatic rings. The first-order valence-electron chi connectivity index (χ1n) is 3.86. The Kier molecular flexibility index (Phi) is 3.26. The molecule has 1 rings (SSSR count). The molecular weight excluding hydrogens is 236 g/mol. The normalized spacial score (nSPS) is 12.0. The molecule has 0 atom stereocenters. The van der Waals surface area contributed by atoms with E-state index >= 15 is 0 Å². The molecule has 68 valence electrons. The first-order valence-corrected chi connectivity index (χ1v) is 5.53. The molecule has 0 aromatic carbocycles. The van der Waals surface area contributed by atoms with E-state index in [1.165, 1.54) is 0 Å². The summed E-state index contributed by atoms with van der Waals surface area (Å²) in [6.07, 6.45) is 1.94. The van der Waals surface area contributed by atoms with Crippen LogP contribution in [0.25, 0.3) is 0 Å². The van der Waals surface area contributed by atoms with Gasteiger partial charge in [0.05, 0.1) is 5.69 Å². The maximum Gasteiger partial charge on any atom is 0.159 e. The van der Waals surface area contributed by atoms with Gasteiger partial charge in [-0.25, -0.2) is 4.98 Å². The molecule has 12 heavy (non-hydrogen) atoms. The first-order chi connectivity index (χ1) is 5.47. The quantitative estimate of drug-likeness (QED) is 0.894. The highest BCUT2D eigenvalue weighted by molar-refractivity contribution is 9.11. The maximum absolute atomic E-state index is 5.85. The minimum absolute atomic E-state index is 0.0872. The van der Waals surface area contributed by atoms with Crippen molar-refractivity contribution in [1.29, 1.82) is 0 Å². The Morgan fingerprint density at radius 2 is 2.33 bits per heavy atom. The highest BCUT2D eigenvalue weighted by atomic mass is 79.9. The van der Waals surface area contributed by atoms with Crippen molar-refractivity contribution in [3.05, 3.63) is 15.0 Å². The summed E-state index contributed by atoms with van der Waals surface area (Å²) in [6.45, 7) is 4.07. The van der Waals surface area contributed by atoms with Crippen LogP contribution in [0.4, 0.5) is 0 Å². The fourth-order valence-corrected chi connectivity index (χ4v) is 1.93. The van der Waals surface area contributed by atoms with Crippen molar-refractivity contribution in [2.45, 2.75) is 32.2 Å². The zero-order chi connectivity index (χ0) is 9.19. The lowest BCUT2D eigenvalue weighted by Crippen LogP contribution is -2.32. The molecule has 0 amide bonds. The van der Waals surface area contributed by atoms with E-state index in [-0.39, 0.29) is 5.54 Å². The van der Waals surface area contributed by atoms with Gasteiger partial charge in [0.15, 0.2) is 3.92 Å². The lowest BCUT2D eigenvalue weighted by molar-refractivity contribution is 0.474. The Bertz CT molecular complexity index is 252. The van der Waals surface area contributed by atoms with Crippen LogP contribution in [0.1, 0.15) is 26.0 Å². The molecule has 1 aromatic heterocycles. The highest BCUT2D eigenvalue weighted by Crippen LogP contribution is 2.18. The van der Waals surface area contributed by atoms with Gasteiger partial charge >= 0.3 is 0 Å². The van der Waals surface area contributed by atoms with E-state index in [0.29, 0.717) is 0 Å². The number of thiazole rings is 1. The van der Waals surface area contributed by atoms with Crippen LogP contribution in [0, 0.1) is 0 Å². The smallest absolute Gasteiger partial charge is 0.159 e. The molecule has 0 saturated heterocycles. The zero-order valence-electron chi connectivity index (χ0n) is 7.30. The van der Waals surface area contributed by atoms with Crippen molar-refractivity contribution in [3.63, 3.8) is 0 Å². The van der Waals surface area contributed by atoms with Crippen LogP contribution in [0.3, 0.4) is 0 Å². The van der Waals surface area contributed by atoms with Crippen molar-refractivity contribution < 1.29 is 0 Å². The van der Waals surface area contributed by atoms with Crippen molar-refractivity contribution in [3.8, 4) is 0 Å². The van der Waals surface area contributed by atoms with Gasteiger partial charge < -0.3 is 5.73 Å². The molecule has 0 aliphatic heterocycles. The summed E-state index contributed by atoms with van der Waals surface area (Å²) < 4.78 is 0.951. The third-order valence-electron chi connectivity index (χ3n) is 1.55. The molecule has 0 unspecified atom stereocenters. The third kappa shape index (κ3) is 3.65. The number of nitrogens with two attached hydrogens (primary N) is 1. The fourth-order valence-electron chi connectivity index (χ4n) is 0.847. The first kappa shape index (κ1) is 10.2. The monoisotopic (exact) mass is 248 g/mol. The van der Waals surface area contributed by atoms with Gasteiger partial charge in [0, 0.05) is 10.9 Å². The summed E-state index contributed by atoms with van der Waals surface area (Å²) in [4.78, 5) is 4.29. The van der Waals surface area contributed by atoms with Crippen LogP contribution >= 0.6 is 27.3 Å². The van der Waals surface area contributed by atoms with Crippen LogP contribution in [0.2, 0.25) is 0 Å². The summed E-state index contributed by atoms with van der Waals surface area (Å²) in [5, 5.41) is 2.07. The predicted octanol–water partition coefficient (Wildman–Crippen LogP) is 2.58. The molecule has 0 bridgehead atoms. The van der Waals surface area contributed by atoms with Crippen molar-refractivity contribution in [1.82, 2.24) is 4.98 Å². The van der Waals surface area contributed by atoms with E-state index in [2.05, 4.69) is 26.3 Å². The van der Waals surface area contributed by atoms with Crippen molar-refractivity contribution in [2.24, 2.45) is 5.73 Å². The molecule has 2 nitrogen and oxygen atoms in total. The van der Waals surface area contributed by atoms with Crippen molar-refractivity contribution >= 4 is 27.3 Å². The second-order valence-electron chi connectivity index (χ2n) is 3.58. The van der Waals surface area contributed by atoms with Crippen LogP contribution in [-0.2, 0) is 6.42 Å². The number of hydrogen-bond donors (Lipinski definition) is 1. The largest absolute Gasteiger partial charge is 0.326 e. The number of nitrogens with zero attached hydrogens (tertiary/aromatic N) is 1. The van der Waals surface area contributed by atoms with E-state index in [1.807, 2.05) is 13.8 Å². The number of halogens is 1. The minimum Gasteiger partial charge on any atom is -0.326 e. The molecule has 0 spiro atoms. The number of aromatic nitrogens is 1. The average Bonchev–Trinajstić information content (AvgIpc) is 2.30. The van der Waals surface area contributed by atoms with E-state index < -0.39 is 0 Å². The number of rotatable bonds is 3. The topological polar surface area (TPSA) is 38.9 Å². The second kappa shape index (κ2) is 3.85. The molecule has 1 heterocycles. The predicted molar refractivity (Wildman–Crippen MR) is 56.4 cm³/mol. The molecule has 2 N–H and O–H groups in total. The van der Waals surface area contributed by atoms with Crippen LogP contribution in [0.5, 0.6) is 0 Å². The summed E-state index contributed by atoms with van der Waals surface area (Å²) in [5.74, 6) is 0. The number of hydrogen-bond acceptors (Lipinski definition) is 3. The van der Waals surface area contributed by atoms with Gasteiger partial charge in [-0.05, 0) is 42.6 Å². The van der Waals surface area contributed by atoms with Crippen LogP contribution in [0.15, 0.2) is 9.30 Å². The molecule has 0 aliphatic carbocycles. The van der Waals surface area contributed by atoms with Gasteiger partial charge in [0.25, 0.3) is 0 Å². The Morgan fingerprint density at radius 1 is 1.67 bits per heavy atom. The molecular formula is C8H13BrN2S. The Morgan fingerprint density at radius 3 is 2.75 bits per heavy atom. The standard InChI is InChI=1S/C8H13BrN2S/c1-8(2,10)4-3-6-5-12-7(9)11-6/h5H,3-4,10H2,1-2H3. The lowest BCUT2D eigenvalue weighted by atomic mass is 9.99. The maximum atomic E-state index is 5.85. The number of aryl methyl sites for hydroxylation is 1. The van der Waals surface area contributed by atoms with Gasteiger partial charge in [-0.3, -0.25) is 0 Å². The minimum atomic E-state index is -0.0872. The van der Waals surface area contributed by atoms with E-state index in [9.17, 15) is 0 Å². The fraction of sp³-hybridized carbons (Fsp3) is 0.625. The van der Waals surface area contributed by atoms with Gasteiger partial charge in [0.2, 0.25) is 0 Å². The zero-order valence-corrected chi connectivity index (χ0v) is 9.70. The molecule has 0 aliphatic rings. The highest BCUT2D eigenvalue weighted by Gasteiger charge is 2.11. The van der Waals surface area contributed by atoms with Gasteiger partial charge in [-0.15, -0.1) is 11.3 Å². The Balaban J connectivity index is 2.44. The molecule has 0 fully saturated rings. The van der Waals surface area contributed by atoms with Gasteiger partial charge in [-0.1, -0.05) is 0 Å². The summed E-state index contributed by atoms with van der Waals surface area (Å²) in [6, 6.07) is 0. The van der Waals surface area contributed by atoms with E-state index in [0.717, 1.165) is 22.5 Å². The Labute approximate surface area is 85.3 Å². The summed E-state index contributed by atoms with van der Waals surface area (Å²) >= 11 is 4.95. The van der Waals surface area contributed by atoms with Gasteiger partial charge in [-0.2, -0.15) is 0 Å². The van der Waals surface area contributed by atoms with E-state index in [1.54, 1.807) is 11.3 Å². The molecule has 4 heteroatoms. The molecule has 0 radical (unpaired) electrons. The van der Waals surface area contributed by atoms with E-state index in [4.69, 9.17) is 5.73 Å². The lowest BCUT2D eigenvalue weighted by Gasteiger charge is -2.16. The SMILES string of the molecule is CC(C)(N)CCc1csc(Br)n1. The van der Waals surface area contributed by atoms with Crippen molar-refractivity contribution in [2.75, 3.05) is 0 Å². The second-order valence-corrected chi connectivity index (χ2v) is 5.71. The summed E-state index contributed by atoms with van der Waals surface area (Å²) in [7, 11) is 0.